The van der Waals surface area contributed by atoms with Crippen molar-refractivity contribution >= 4 is 30.6 Å². The predicted octanol–water partition coefficient (Wildman–Crippen LogP) is 5.52. The normalized spacial score (nSPS) is 26.1. The lowest BCUT2D eigenvalue weighted by Gasteiger charge is -2.55. The Labute approximate surface area is 282 Å². The molecule has 0 bridgehead atoms. The molecule has 2 aromatic rings. The Kier molecular flexibility index (Phi) is 12.3. The molecule has 258 valence electrons. The van der Waals surface area contributed by atoms with Gasteiger partial charge in [0.1, 0.15) is 12.7 Å². The second-order valence-corrected chi connectivity index (χ2v) is 19.4. The molecular formula is C39H56O7Si. The number of benzene rings is 2. The van der Waals surface area contributed by atoms with Crippen LogP contribution in [0.15, 0.2) is 72.3 Å². The van der Waals surface area contributed by atoms with Crippen LogP contribution in [0.2, 0.25) is 5.04 Å². The fourth-order valence-electron chi connectivity index (χ4n) is 8.56. The van der Waals surface area contributed by atoms with Crippen LogP contribution >= 0.6 is 0 Å². The highest BCUT2D eigenvalue weighted by molar-refractivity contribution is 6.99. The zero-order chi connectivity index (χ0) is 34.5. The first-order chi connectivity index (χ1) is 22.2. The van der Waals surface area contributed by atoms with Crippen LogP contribution in [0.1, 0.15) is 68.2 Å². The van der Waals surface area contributed by atoms with E-state index in [1.54, 1.807) is 0 Å². The van der Waals surface area contributed by atoms with Crippen molar-refractivity contribution in [2.45, 2.75) is 85.5 Å². The van der Waals surface area contributed by atoms with Crippen LogP contribution in [0, 0.1) is 41.4 Å². The van der Waals surface area contributed by atoms with Gasteiger partial charge in [0.15, 0.2) is 0 Å². The summed E-state index contributed by atoms with van der Waals surface area (Å²) >= 11 is 0. The number of carbonyl (C=O) groups is 2. The minimum absolute atomic E-state index is 0.00157. The van der Waals surface area contributed by atoms with E-state index < -0.39 is 26.4 Å². The summed E-state index contributed by atoms with van der Waals surface area (Å²) in [6.07, 6.45) is 2.77. The highest BCUT2D eigenvalue weighted by Gasteiger charge is 2.56. The maximum absolute atomic E-state index is 12.6. The van der Waals surface area contributed by atoms with Gasteiger partial charge in [0.2, 0.25) is 0 Å². The molecule has 0 aliphatic heterocycles. The number of rotatable bonds is 12. The summed E-state index contributed by atoms with van der Waals surface area (Å²) in [6.45, 7) is 15.9. The molecule has 2 aromatic carbocycles. The molecule has 0 heterocycles. The van der Waals surface area contributed by atoms with E-state index in [2.05, 4.69) is 96.1 Å². The van der Waals surface area contributed by atoms with E-state index in [9.17, 15) is 19.8 Å². The van der Waals surface area contributed by atoms with Crippen LogP contribution in [-0.2, 0) is 23.5 Å². The number of ether oxygens (including phenoxy) is 2. The molecule has 8 atom stereocenters. The molecule has 0 radical (unpaired) electrons. The number of fused-ring (bicyclic) bond motifs is 1. The van der Waals surface area contributed by atoms with Gasteiger partial charge in [-0.1, -0.05) is 108 Å². The lowest BCUT2D eigenvalue weighted by atomic mass is 9.55. The lowest BCUT2D eigenvalue weighted by Crippen LogP contribution is -2.68. The van der Waals surface area contributed by atoms with Gasteiger partial charge in [-0.05, 0) is 63.8 Å². The molecule has 0 aromatic heterocycles. The van der Waals surface area contributed by atoms with E-state index in [1.807, 2.05) is 12.1 Å². The van der Waals surface area contributed by atoms with Gasteiger partial charge in [-0.25, -0.2) is 0 Å². The summed E-state index contributed by atoms with van der Waals surface area (Å²) in [5.74, 6) is -1.07. The molecule has 0 saturated heterocycles. The first-order valence-corrected chi connectivity index (χ1v) is 19.2. The summed E-state index contributed by atoms with van der Waals surface area (Å²) in [5.41, 5.74) is 0.752. The Bertz CT molecular complexity index is 1310. The third-order valence-electron chi connectivity index (χ3n) is 10.8. The van der Waals surface area contributed by atoms with E-state index in [0.717, 1.165) is 5.57 Å². The molecule has 2 N–H and O–H groups in total. The van der Waals surface area contributed by atoms with Crippen LogP contribution in [0.5, 0.6) is 0 Å². The third kappa shape index (κ3) is 7.93. The molecule has 0 amide bonds. The number of hydrogen-bond donors (Lipinski definition) is 2. The van der Waals surface area contributed by atoms with Crippen molar-refractivity contribution in [1.29, 1.82) is 0 Å². The highest BCUT2D eigenvalue weighted by Crippen LogP contribution is 2.54. The maximum Gasteiger partial charge on any atom is 0.303 e. The van der Waals surface area contributed by atoms with Crippen molar-refractivity contribution in [3.05, 3.63) is 72.3 Å². The summed E-state index contributed by atoms with van der Waals surface area (Å²) in [6, 6.07) is 21.3. The molecule has 7 nitrogen and oxygen atoms in total. The Morgan fingerprint density at radius 3 is 1.89 bits per heavy atom. The first-order valence-electron chi connectivity index (χ1n) is 17.3. The smallest absolute Gasteiger partial charge is 0.303 e. The van der Waals surface area contributed by atoms with Crippen LogP contribution < -0.4 is 10.4 Å². The number of allylic oxidation sites excluding steroid dienone is 1. The van der Waals surface area contributed by atoms with Crippen LogP contribution in [0.25, 0.3) is 0 Å². The van der Waals surface area contributed by atoms with Gasteiger partial charge in [-0.2, -0.15) is 0 Å². The number of aliphatic hydroxyl groups is 2. The zero-order valence-corrected chi connectivity index (χ0v) is 30.5. The van der Waals surface area contributed by atoms with Gasteiger partial charge in [0.25, 0.3) is 8.32 Å². The number of hydrogen-bond acceptors (Lipinski definition) is 7. The molecule has 1 saturated carbocycles. The van der Waals surface area contributed by atoms with Crippen LogP contribution in [-0.4, -0.2) is 62.5 Å². The molecule has 0 unspecified atom stereocenters. The van der Waals surface area contributed by atoms with E-state index in [0.29, 0.717) is 12.8 Å². The predicted molar refractivity (Wildman–Crippen MR) is 188 cm³/mol. The van der Waals surface area contributed by atoms with Gasteiger partial charge in [-0.3, -0.25) is 9.59 Å². The molecule has 0 spiro atoms. The summed E-state index contributed by atoms with van der Waals surface area (Å²) in [5, 5.41) is 23.6. The highest BCUT2D eigenvalue weighted by atomic mass is 28.4. The van der Waals surface area contributed by atoms with Crippen molar-refractivity contribution < 1.29 is 33.7 Å². The minimum Gasteiger partial charge on any atom is -0.461 e. The monoisotopic (exact) mass is 664 g/mol. The van der Waals surface area contributed by atoms with Crippen molar-refractivity contribution in [1.82, 2.24) is 0 Å². The molecular weight excluding hydrogens is 609 g/mol. The number of aliphatic hydroxyl groups excluding tert-OH is 2. The lowest BCUT2D eigenvalue weighted by molar-refractivity contribution is -0.157. The average molecular weight is 665 g/mol. The Balaban J connectivity index is 1.90. The fourth-order valence-corrected chi connectivity index (χ4v) is 13.3. The van der Waals surface area contributed by atoms with Gasteiger partial charge in [0, 0.05) is 44.7 Å². The van der Waals surface area contributed by atoms with E-state index >= 15 is 0 Å². The molecule has 2 aliphatic carbocycles. The van der Waals surface area contributed by atoms with Crippen molar-refractivity contribution in [3.8, 4) is 0 Å². The standard InChI is InChI=1S/C39H56O7Si/c1-25(2)36(23-41)34-19-29(24-44-27(4)42)38(45-28(5)43)37-33(26(3)22-40)20-30(21-35(34)37)46-47(39(6,7)8,31-15-11-9-12-16-31)32-17-13-10-14-18-32/h9-19,25-26,30,33-38,40-41H,20-24H2,1-8H3/t26-,30-,33+,34-,35-,36-,37-,38-/m1/s1. The van der Waals surface area contributed by atoms with Crippen molar-refractivity contribution in [2.75, 3.05) is 19.8 Å². The minimum atomic E-state index is -2.90. The Hall–Kier alpha value is -2.78. The quantitative estimate of drug-likeness (QED) is 0.175. The second-order valence-electron chi connectivity index (χ2n) is 15.2. The average Bonchev–Trinajstić information content (AvgIpc) is 3.03. The Morgan fingerprint density at radius 1 is 0.872 bits per heavy atom. The summed E-state index contributed by atoms with van der Waals surface area (Å²) < 4.78 is 19.3. The van der Waals surface area contributed by atoms with Gasteiger partial charge >= 0.3 is 11.9 Å². The number of carbonyl (C=O) groups excluding carboxylic acids is 2. The van der Waals surface area contributed by atoms with Crippen LogP contribution in [0.4, 0.5) is 0 Å². The van der Waals surface area contributed by atoms with E-state index in [-0.39, 0.29) is 72.4 Å². The van der Waals surface area contributed by atoms with Crippen molar-refractivity contribution in [3.63, 3.8) is 0 Å². The first kappa shape index (κ1) is 37.0. The molecule has 2 aliphatic rings. The van der Waals surface area contributed by atoms with Gasteiger partial charge < -0.3 is 24.1 Å². The molecule has 1 fully saturated rings. The largest absolute Gasteiger partial charge is 0.461 e. The molecule has 47 heavy (non-hydrogen) atoms. The van der Waals surface area contributed by atoms with Gasteiger partial charge in [0.05, 0.1) is 0 Å². The second kappa shape index (κ2) is 15.6. The zero-order valence-electron chi connectivity index (χ0n) is 29.5. The third-order valence-corrected chi connectivity index (χ3v) is 15.8. The van der Waals surface area contributed by atoms with E-state index in [4.69, 9.17) is 13.9 Å². The topological polar surface area (TPSA) is 102 Å². The molecule has 4 rings (SSSR count). The van der Waals surface area contributed by atoms with E-state index in [1.165, 1.54) is 24.2 Å². The number of esters is 2. The van der Waals surface area contributed by atoms with Crippen molar-refractivity contribution in [2.24, 2.45) is 41.4 Å². The Morgan fingerprint density at radius 2 is 1.45 bits per heavy atom. The van der Waals surface area contributed by atoms with Crippen LogP contribution in [0.3, 0.4) is 0 Å². The fraction of sp³-hybridized carbons (Fsp3) is 0.590. The SMILES string of the molecule is CC(=O)OCC1=C[C@@H]([C@H](CO)C(C)C)[C@H]2C[C@H](O[Si](c3ccccc3)(c3ccccc3)C(C)(C)C)C[C@@H]([C@H](C)CO)[C@H]2[C@@H]1OC(C)=O. The van der Waals surface area contributed by atoms with Gasteiger partial charge in [-0.15, -0.1) is 0 Å². The maximum atomic E-state index is 12.6. The summed E-state index contributed by atoms with van der Waals surface area (Å²) in [7, 11) is -2.90. The molecule has 8 heteroatoms. The summed E-state index contributed by atoms with van der Waals surface area (Å²) in [4.78, 5) is 24.6.